The Morgan fingerprint density at radius 3 is 1.82 bits per heavy atom. The van der Waals surface area contributed by atoms with Gasteiger partial charge in [-0.1, -0.05) is 76.6 Å². The lowest BCUT2D eigenvalue weighted by Gasteiger charge is -2.03. The number of para-hydroxylation sites is 1. The van der Waals surface area contributed by atoms with Gasteiger partial charge >= 0.3 is 0 Å². The Bertz CT molecular complexity index is 2180. The molecule has 7 aromatic rings. The van der Waals surface area contributed by atoms with Crippen molar-refractivity contribution in [1.82, 2.24) is 4.57 Å². The van der Waals surface area contributed by atoms with Gasteiger partial charge in [0.2, 0.25) is 0 Å². The average molecular weight is 720 g/mol. The van der Waals surface area contributed by atoms with E-state index in [2.05, 4.69) is 104 Å². The molecule has 0 N–H and O–H groups in total. The van der Waals surface area contributed by atoms with Crippen molar-refractivity contribution < 1.29 is 4.79 Å². The largest absolute Gasteiger partial charge is 0.341 e. The van der Waals surface area contributed by atoms with Crippen molar-refractivity contribution in [2.24, 2.45) is 0 Å². The number of hydrogen-bond acceptors (Lipinski definition) is 5. The fourth-order valence-corrected chi connectivity index (χ4v) is 11.7. The first-order valence-electron chi connectivity index (χ1n) is 18.0. The molecule has 5 heterocycles. The standard InChI is InChI=1S/C43H45NOS4/c1-4-7-9-11-15-30-25-32(28-45)46-42(30)39-23-21-37(47-39)38-22-24-40(48-38)43-31(16-12-10-8-5-2)27-41(49-43)29-19-20-36-34(26-29)33-17-13-14-18-35(33)44(36)6-3/h13-14,17-28H,4-12,15-16H2,1-3H3. The molecule has 0 fully saturated rings. The van der Waals surface area contributed by atoms with Gasteiger partial charge in [-0.05, 0) is 104 Å². The quantitative estimate of drug-likeness (QED) is 0.0720. The number of nitrogens with zero attached hydrogens (tertiary/aromatic N) is 1. The second-order valence-corrected chi connectivity index (χ2v) is 17.3. The lowest BCUT2D eigenvalue weighted by atomic mass is 10.0. The third kappa shape index (κ3) is 7.16. The average Bonchev–Trinajstić information content (AvgIpc) is 3.97. The first-order valence-corrected chi connectivity index (χ1v) is 21.3. The molecule has 0 bridgehead atoms. The first-order chi connectivity index (χ1) is 24.1. The molecule has 0 amide bonds. The van der Waals surface area contributed by atoms with Crippen molar-refractivity contribution in [3.8, 4) is 39.7 Å². The van der Waals surface area contributed by atoms with E-state index in [1.54, 1.807) is 11.3 Å². The van der Waals surface area contributed by atoms with Crippen LogP contribution in [0.1, 0.15) is 92.9 Å². The van der Waals surface area contributed by atoms with Crippen LogP contribution in [0.5, 0.6) is 0 Å². The number of aromatic nitrogens is 1. The van der Waals surface area contributed by atoms with Crippen molar-refractivity contribution in [2.45, 2.75) is 91.5 Å². The second kappa shape index (κ2) is 15.7. The summed E-state index contributed by atoms with van der Waals surface area (Å²) in [5.41, 5.74) is 6.76. The molecule has 7 rings (SSSR count). The molecular weight excluding hydrogens is 675 g/mol. The summed E-state index contributed by atoms with van der Waals surface area (Å²) in [6, 6.07) is 29.7. The Labute approximate surface area is 307 Å². The summed E-state index contributed by atoms with van der Waals surface area (Å²) in [4.78, 5) is 21.9. The highest BCUT2D eigenvalue weighted by atomic mass is 32.1. The monoisotopic (exact) mass is 719 g/mol. The highest BCUT2D eigenvalue weighted by Gasteiger charge is 2.19. The molecule has 252 valence electrons. The van der Waals surface area contributed by atoms with E-state index in [4.69, 9.17) is 0 Å². The van der Waals surface area contributed by atoms with Crippen molar-refractivity contribution in [2.75, 3.05) is 0 Å². The molecule has 0 spiro atoms. The van der Waals surface area contributed by atoms with E-state index in [1.807, 2.05) is 34.0 Å². The van der Waals surface area contributed by atoms with Gasteiger partial charge in [0.05, 0.1) is 4.88 Å². The maximum absolute atomic E-state index is 11.7. The van der Waals surface area contributed by atoms with Crippen LogP contribution in [0.4, 0.5) is 0 Å². The molecule has 0 radical (unpaired) electrons. The van der Waals surface area contributed by atoms with Gasteiger partial charge in [-0.15, -0.1) is 45.3 Å². The van der Waals surface area contributed by atoms with Gasteiger partial charge in [0.1, 0.15) is 0 Å². The topological polar surface area (TPSA) is 22.0 Å². The summed E-state index contributed by atoms with van der Waals surface area (Å²) < 4.78 is 2.44. The number of carbonyl (C=O) groups is 1. The zero-order chi connectivity index (χ0) is 33.7. The molecule has 2 nitrogen and oxygen atoms in total. The van der Waals surface area contributed by atoms with Crippen LogP contribution in [0.25, 0.3) is 61.5 Å². The minimum absolute atomic E-state index is 0.837. The summed E-state index contributed by atoms with van der Waals surface area (Å²) in [6.45, 7) is 7.74. The number of aryl methyl sites for hydroxylation is 3. The van der Waals surface area contributed by atoms with E-state index in [0.29, 0.717) is 0 Å². The Morgan fingerprint density at radius 2 is 1.16 bits per heavy atom. The molecule has 0 atom stereocenters. The Hall–Kier alpha value is -3.29. The summed E-state index contributed by atoms with van der Waals surface area (Å²) >= 11 is 7.40. The molecule has 0 aliphatic rings. The smallest absolute Gasteiger partial charge is 0.160 e. The maximum atomic E-state index is 11.7. The number of unbranched alkanes of at least 4 members (excludes halogenated alkanes) is 6. The molecule has 0 unspecified atom stereocenters. The van der Waals surface area contributed by atoms with E-state index in [1.165, 1.54) is 124 Å². The van der Waals surface area contributed by atoms with Crippen LogP contribution in [-0.4, -0.2) is 10.9 Å². The van der Waals surface area contributed by atoms with Crippen LogP contribution in [0.2, 0.25) is 0 Å². The van der Waals surface area contributed by atoms with E-state index in [0.717, 1.165) is 30.5 Å². The number of benzene rings is 2. The van der Waals surface area contributed by atoms with E-state index >= 15 is 0 Å². The molecule has 0 aliphatic carbocycles. The molecule has 2 aromatic carbocycles. The van der Waals surface area contributed by atoms with Crippen LogP contribution in [-0.2, 0) is 19.4 Å². The zero-order valence-electron chi connectivity index (χ0n) is 28.8. The summed E-state index contributed by atoms with van der Waals surface area (Å²) in [5.74, 6) is 0. The Balaban J connectivity index is 1.20. The normalized spacial score (nSPS) is 11.7. The molecular formula is C43H45NOS4. The minimum atomic E-state index is 0.837. The van der Waals surface area contributed by atoms with Crippen molar-refractivity contribution >= 4 is 73.4 Å². The number of rotatable bonds is 16. The minimum Gasteiger partial charge on any atom is -0.341 e. The van der Waals surface area contributed by atoms with E-state index in [9.17, 15) is 4.79 Å². The van der Waals surface area contributed by atoms with Crippen LogP contribution >= 0.6 is 45.3 Å². The summed E-state index contributed by atoms with van der Waals surface area (Å²) in [6.07, 6.45) is 13.2. The number of carbonyl (C=O) groups excluding carboxylic acids is 1. The second-order valence-electron chi connectivity index (χ2n) is 13.0. The van der Waals surface area contributed by atoms with Gasteiger partial charge in [-0.25, -0.2) is 0 Å². The van der Waals surface area contributed by atoms with Gasteiger partial charge in [-0.3, -0.25) is 4.79 Å². The van der Waals surface area contributed by atoms with E-state index in [-0.39, 0.29) is 0 Å². The number of aldehydes is 1. The Kier molecular flexibility index (Phi) is 11.0. The fourth-order valence-electron chi connectivity index (χ4n) is 7.08. The lowest BCUT2D eigenvalue weighted by molar-refractivity contribution is 0.112. The van der Waals surface area contributed by atoms with Crippen molar-refractivity contribution in [1.29, 1.82) is 0 Å². The SMILES string of the molecule is CCCCCCc1cc(C=O)sc1-c1ccc(-c2ccc(-c3sc(-c4ccc5c(c4)c4ccccc4n5CC)cc3CCCCCC)s2)s1. The predicted molar refractivity (Wildman–Crippen MR) is 219 cm³/mol. The highest BCUT2D eigenvalue weighted by Crippen LogP contribution is 2.47. The third-order valence-corrected chi connectivity index (χ3v) is 14.7. The molecule has 49 heavy (non-hydrogen) atoms. The van der Waals surface area contributed by atoms with Crippen LogP contribution in [0.3, 0.4) is 0 Å². The van der Waals surface area contributed by atoms with Crippen LogP contribution < -0.4 is 0 Å². The molecule has 5 aromatic heterocycles. The van der Waals surface area contributed by atoms with Crippen molar-refractivity contribution in [3.05, 3.63) is 94.9 Å². The zero-order valence-corrected chi connectivity index (χ0v) is 32.1. The van der Waals surface area contributed by atoms with Crippen LogP contribution in [0, 0.1) is 0 Å². The molecule has 0 saturated heterocycles. The Morgan fingerprint density at radius 1 is 0.551 bits per heavy atom. The summed E-state index contributed by atoms with van der Waals surface area (Å²) in [5, 5.41) is 2.68. The van der Waals surface area contributed by atoms with E-state index < -0.39 is 0 Å². The van der Waals surface area contributed by atoms with Gasteiger partial charge < -0.3 is 4.57 Å². The number of hydrogen-bond donors (Lipinski definition) is 0. The molecule has 6 heteroatoms. The van der Waals surface area contributed by atoms with Gasteiger partial charge in [0.15, 0.2) is 6.29 Å². The number of thiophene rings is 4. The van der Waals surface area contributed by atoms with Gasteiger partial charge in [-0.2, -0.15) is 0 Å². The predicted octanol–water partition coefficient (Wildman–Crippen LogP) is 14.8. The summed E-state index contributed by atoms with van der Waals surface area (Å²) in [7, 11) is 0. The maximum Gasteiger partial charge on any atom is 0.160 e. The van der Waals surface area contributed by atoms with Crippen LogP contribution in [0.15, 0.2) is 78.9 Å². The number of fused-ring (bicyclic) bond motifs is 3. The molecule has 0 saturated carbocycles. The van der Waals surface area contributed by atoms with Crippen molar-refractivity contribution in [3.63, 3.8) is 0 Å². The third-order valence-electron chi connectivity index (χ3n) is 9.63. The molecule has 0 aliphatic heterocycles. The van der Waals surface area contributed by atoms with Gasteiger partial charge in [0, 0.05) is 62.5 Å². The van der Waals surface area contributed by atoms with Gasteiger partial charge in [0.25, 0.3) is 0 Å². The fraction of sp³-hybridized carbons (Fsp3) is 0.326. The first kappa shape index (κ1) is 34.2. The highest BCUT2D eigenvalue weighted by molar-refractivity contribution is 7.29. The lowest BCUT2D eigenvalue weighted by Crippen LogP contribution is -1.92.